The summed E-state index contributed by atoms with van der Waals surface area (Å²) in [6.07, 6.45) is 12.0. The Bertz CT molecular complexity index is 266. The summed E-state index contributed by atoms with van der Waals surface area (Å²) in [4.78, 5) is 11.6. The molecule has 0 aromatic carbocycles. The molecule has 0 heterocycles. The highest BCUT2D eigenvalue weighted by Crippen LogP contribution is 2.20. The summed E-state index contributed by atoms with van der Waals surface area (Å²) in [6.45, 7) is 0. The van der Waals surface area contributed by atoms with Crippen LogP contribution in [0.1, 0.15) is 12.8 Å². The molecule has 0 bridgehead atoms. The molecule has 1 aliphatic carbocycles. The Balaban J connectivity index is 2.13. The van der Waals surface area contributed by atoms with E-state index in [1.807, 2.05) is 24.3 Å². The highest BCUT2D eigenvalue weighted by Gasteiger charge is 2.03. The maximum atomic E-state index is 10.4. The molecular formula is C10H10ClOS+. The second-order valence-electron chi connectivity index (χ2n) is 2.54. The monoisotopic (exact) mass is 213 g/mol. The molecule has 0 radical (unpaired) electrons. The molecule has 1 nitrogen and oxygen atoms in total. The third-order valence-electron chi connectivity index (χ3n) is 1.47. The van der Waals surface area contributed by atoms with Crippen molar-refractivity contribution in [3.05, 3.63) is 35.3 Å². The molecular weight excluding hydrogens is 204 g/mol. The van der Waals surface area contributed by atoms with Gasteiger partial charge in [-0.15, -0.1) is 0 Å². The van der Waals surface area contributed by atoms with Crippen LogP contribution in [0.2, 0.25) is 0 Å². The SMILES string of the molecule is O=C(Cl)CCCSC1=CC=[C+]C=C1. The maximum Gasteiger partial charge on any atom is 0.221 e. The molecule has 1 aliphatic rings. The molecule has 0 aliphatic heterocycles. The molecule has 0 amide bonds. The van der Waals surface area contributed by atoms with E-state index in [0.717, 1.165) is 12.2 Å². The van der Waals surface area contributed by atoms with Crippen molar-refractivity contribution in [1.82, 2.24) is 0 Å². The number of allylic oxidation sites excluding steroid dienone is 5. The molecule has 0 saturated carbocycles. The normalized spacial score (nSPS) is 13.8. The van der Waals surface area contributed by atoms with Crippen LogP contribution in [0.4, 0.5) is 0 Å². The maximum absolute atomic E-state index is 10.4. The lowest BCUT2D eigenvalue weighted by molar-refractivity contribution is -0.111. The quantitative estimate of drug-likeness (QED) is 0.397. The van der Waals surface area contributed by atoms with Crippen LogP contribution < -0.4 is 0 Å². The first kappa shape index (κ1) is 10.5. The predicted molar refractivity (Wildman–Crippen MR) is 57.6 cm³/mol. The Kier molecular flexibility index (Phi) is 4.84. The first-order valence-electron chi connectivity index (χ1n) is 4.06. The average Bonchev–Trinajstić information content (AvgIpc) is 2.14. The summed E-state index contributed by atoms with van der Waals surface area (Å²) in [6, 6.07) is 0. The van der Waals surface area contributed by atoms with Gasteiger partial charge in [0.15, 0.2) is 0 Å². The van der Waals surface area contributed by atoms with Gasteiger partial charge in [-0.2, -0.15) is 0 Å². The summed E-state index contributed by atoms with van der Waals surface area (Å²) < 4.78 is 0. The molecule has 0 aromatic rings. The van der Waals surface area contributed by atoms with Gasteiger partial charge in [0.2, 0.25) is 5.24 Å². The third kappa shape index (κ3) is 4.89. The van der Waals surface area contributed by atoms with Crippen LogP contribution in [-0.2, 0) is 4.79 Å². The Hall–Kier alpha value is -0.560. The van der Waals surface area contributed by atoms with E-state index in [-0.39, 0.29) is 5.24 Å². The zero-order valence-electron chi connectivity index (χ0n) is 7.13. The van der Waals surface area contributed by atoms with Crippen LogP contribution in [0.15, 0.2) is 29.2 Å². The Morgan fingerprint density at radius 2 is 2.46 bits per heavy atom. The minimum Gasteiger partial charge on any atom is -0.281 e. The number of carbonyl (C=O) groups is 1. The molecule has 68 valence electrons. The van der Waals surface area contributed by atoms with Gasteiger partial charge >= 0.3 is 0 Å². The first-order chi connectivity index (χ1) is 6.29. The van der Waals surface area contributed by atoms with Crippen LogP contribution in [0.5, 0.6) is 0 Å². The Morgan fingerprint density at radius 1 is 1.62 bits per heavy atom. The van der Waals surface area contributed by atoms with E-state index in [2.05, 4.69) is 6.08 Å². The van der Waals surface area contributed by atoms with Gasteiger partial charge in [0.25, 0.3) is 0 Å². The predicted octanol–water partition coefficient (Wildman–Crippen LogP) is 3.08. The number of thioether (sulfide) groups is 1. The lowest BCUT2D eigenvalue weighted by Crippen LogP contribution is -1.88. The van der Waals surface area contributed by atoms with Gasteiger partial charge < -0.3 is 0 Å². The van der Waals surface area contributed by atoms with Crippen molar-refractivity contribution in [3.8, 4) is 0 Å². The standard InChI is InChI=1S/C10H10ClOS/c11-10(12)7-4-8-13-9-5-2-1-3-6-9/h2-3,5-6H,4,7-8H2/q+1. The molecule has 1 rings (SSSR count). The van der Waals surface area contributed by atoms with E-state index in [1.54, 1.807) is 11.8 Å². The average molecular weight is 214 g/mol. The fourth-order valence-electron chi connectivity index (χ4n) is 0.869. The highest BCUT2D eigenvalue weighted by atomic mass is 35.5. The molecule has 0 fully saturated rings. The minimum absolute atomic E-state index is 0.248. The smallest absolute Gasteiger partial charge is 0.221 e. The fourth-order valence-corrected chi connectivity index (χ4v) is 1.86. The molecule has 13 heavy (non-hydrogen) atoms. The number of halogens is 1. The lowest BCUT2D eigenvalue weighted by atomic mass is 10.3. The van der Waals surface area contributed by atoms with E-state index < -0.39 is 0 Å². The van der Waals surface area contributed by atoms with Gasteiger partial charge in [0.1, 0.15) is 17.1 Å². The van der Waals surface area contributed by atoms with Crippen LogP contribution in [-0.4, -0.2) is 11.0 Å². The summed E-state index contributed by atoms with van der Waals surface area (Å²) in [7, 11) is 0. The van der Waals surface area contributed by atoms with Crippen LogP contribution in [0.3, 0.4) is 0 Å². The van der Waals surface area contributed by atoms with Crippen molar-refractivity contribution in [2.45, 2.75) is 12.8 Å². The van der Waals surface area contributed by atoms with Gasteiger partial charge in [-0.05, 0) is 18.0 Å². The van der Waals surface area contributed by atoms with Crippen molar-refractivity contribution in [3.63, 3.8) is 0 Å². The largest absolute Gasteiger partial charge is 0.281 e. The minimum atomic E-state index is -0.248. The van der Waals surface area contributed by atoms with E-state index in [9.17, 15) is 4.79 Å². The number of hydrogen-bond donors (Lipinski definition) is 0. The second kappa shape index (κ2) is 5.98. The lowest BCUT2D eigenvalue weighted by Gasteiger charge is -1.96. The summed E-state index contributed by atoms with van der Waals surface area (Å²) in [5, 5.41) is -0.248. The van der Waals surface area contributed by atoms with Crippen molar-refractivity contribution < 1.29 is 4.79 Å². The Morgan fingerprint density at radius 3 is 3.08 bits per heavy atom. The fraction of sp³-hybridized carbons (Fsp3) is 0.300. The molecule has 0 saturated heterocycles. The van der Waals surface area contributed by atoms with Gasteiger partial charge in [-0.25, -0.2) is 0 Å². The van der Waals surface area contributed by atoms with Crippen LogP contribution in [0.25, 0.3) is 0 Å². The molecule has 0 aromatic heterocycles. The molecule has 0 spiro atoms. The Labute approximate surface area is 87.5 Å². The van der Waals surface area contributed by atoms with Gasteiger partial charge in [-0.3, -0.25) is 4.79 Å². The summed E-state index contributed by atoms with van der Waals surface area (Å²) in [5.41, 5.74) is 0. The van der Waals surface area contributed by atoms with Crippen LogP contribution in [0, 0.1) is 6.08 Å². The van der Waals surface area contributed by atoms with Crippen molar-refractivity contribution >= 4 is 28.6 Å². The summed E-state index contributed by atoms with van der Waals surface area (Å²) >= 11 is 6.94. The first-order valence-corrected chi connectivity index (χ1v) is 5.42. The molecule has 3 heteroatoms. The van der Waals surface area contributed by atoms with Crippen LogP contribution >= 0.6 is 23.4 Å². The van der Waals surface area contributed by atoms with Crippen molar-refractivity contribution in [2.75, 3.05) is 5.75 Å². The summed E-state index contributed by atoms with van der Waals surface area (Å²) in [5.74, 6) is 0.933. The number of rotatable bonds is 5. The second-order valence-corrected chi connectivity index (χ2v) is 4.13. The van der Waals surface area contributed by atoms with Gasteiger partial charge in [0, 0.05) is 18.2 Å². The number of carbonyl (C=O) groups excluding carboxylic acids is 1. The van der Waals surface area contributed by atoms with Crippen molar-refractivity contribution in [2.24, 2.45) is 0 Å². The van der Waals surface area contributed by atoms with Gasteiger partial charge in [-0.1, -0.05) is 11.8 Å². The van der Waals surface area contributed by atoms with E-state index in [4.69, 9.17) is 11.6 Å². The van der Waals surface area contributed by atoms with E-state index >= 15 is 0 Å². The van der Waals surface area contributed by atoms with Crippen molar-refractivity contribution in [1.29, 1.82) is 0 Å². The molecule has 0 atom stereocenters. The zero-order chi connectivity index (χ0) is 9.52. The molecule has 0 N–H and O–H groups in total. The number of hydrogen-bond acceptors (Lipinski definition) is 2. The van der Waals surface area contributed by atoms with E-state index in [0.29, 0.717) is 6.42 Å². The zero-order valence-corrected chi connectivity index (χ0v) is 8.70. The van der Waals surface area contributed by atoms with Gasteiger partial charge in [0.05, 0.1) is 12.2 Å². The van der Waals surface area contributed by atoms with E-state index in [1.165, 1.54) is 4.91 Å². The highest BCUT2D eigenvalue weighted by molar-refractivity contribution is 8.03. The molecule has 0 unspecified atom stereocenters. The topological polar surface area (TPSA) is 17.1 Å². The third-order valence-corrected chi connectivity index (χ3v) is 2.76.